The summed E-state index contributed by atoms with van der Waals surface area (Å²) in [5.74, 6) is -6.74. The van der Waals surface area contributed by atoms with Gasteiger partial charge in [0.2, 0.25) is 0 Å². The maximum absolute atomic E-state index is 11.2. The fraction of sp³-hybridized carbons (Fsp3) is 0.643. The Kier molecular flexibility index (Phi) is 9.92. The Balaban J connectivity index is 5.75. The summed E-state index contributed by atoms with van der Waals surface area (Å²) in [4.78, 5) is 58.2. The molecule has 0 aliphatic carbocycles. The van der Waals surface area contributed by atoms with Crippen LogP contribution < -0.4 is 0 Å². The molecule has 0 aliphatic rings. The van der Waals surface area contributed by atoms with Gasteiger partial charge in [-0.2, -0.15) is 0 Å². The molecule has 27 heavy (non-hydrogen) atoms. The minimum absolute atomic E-state index is 0.701. The molecule has 2 unspecified atom stereocenters. The Morgan fingerprint density at radius 1 is 0.556 bits per heavy atom. The van der Waals surface area contributed by atoms with Crippen LogP contribution in [0.2, 0.25) is 0 Å². The van der Waals surface area contributed by atoms with Crippen molar-refractivity contribution in [2.45, 2.75) is 26.2 Å². The monoisotopic (exact) mass is 393 g/mol. The highest BCUT2D eigenvalue weighted by Crippen LogP contribution is 2.14. The third-order valence-corrected chi connectivity index (χ3v) is 3.69. The zero-order valence-electron chi connectivity index (χ0n) is 14.8. The number of aliphatic carboxylic acids is 5. The van der Waals surface area contributed by atoms with E-state index >= 15 is 0 Å². The van der Waals surface area contributed by atoms with Gasteiger partial charge in [-0.3, -0.25) is 38.7 Å². The summed E-state index contributed by atoms with van der Waals surface area (Å²) in [6.07, 6.45) is -2.12. The average Bonchev–Trinajstić information content (AvgIpc) is 2.48. The minimum Gasteiger partial charge on any atom is -0.480 e. The van der Waals surface area contributed by atoms with Crippen LogP contribution in [0.25, 0.3) is 0 Å². The van der Waals surface area contributed by atoms with Gasteiger partial charge in [0, 0.05) is 0 Å². The summed E-state index contributed by atoms with van der Waals surface area (Å²) in [5.41, 5.74) is 0. The number of hydrogen-bond acceptors (Lipinski definition) is 8. The molecule has 0 aromatic heterocycles. The molecule has 0 saturated heterocycles. The number of carbonyl (C=O) groups is 5. The Morgan fingerprint density at radius 3 is 0.963 bits per heavy atom. The fourth-order valence-electron chi connectivity index (χ4n) is 2.49. The van der Waals surface area contributed by atoms with E-state index in [0.29, 0.717) is 0 Å². The Morgan fingerprint density at radius 2 is 0.778 bits per heavy atom. The number of carboxylic acids is 5. The molecule has 0 rings (SSSR count). The molecule has 0 saturated carbocycles. The minimum atomic E-state index is -1.35. The van der Waals surface area contributed by atoms with Crippen LogP contribution in [0.3, 0.4) is 0 Å². The van der Waals surface area contributed by atoms with Crippen LogP contribution in [0.1, 0.15) is 13.8 Å². The lowest BCUT2D eigenvalue weighted by Gasteiger charge is -2.42. The Bertz CT molecular complexity index is 507. The molecular weight excluding hydrogens is 370 g/mol. The number of nitrogens with zero attached hydrogens (tertiary/aromatic N) is 3. The van der Waals surface area contributed by atoms with Crippen LogP contribution in [0.4, 0.5) is 0 Å². The molecule has 13 nitrogen and oxygen atoms in total. The molecular formula is C14H23N3O10. The number of carboxylic acid groups (broad SMARTS) is 5. The van der Waals surface area contributed by atoms with Crippen LogP contribution in [0, 0.1) is 0 Å². The van der Waals surface area contributed by atoms with Gasteiger partial charge >= 0.3 is 29.8 Å². The lowest BCUT2D eigenvalue weighted by Crippen LogP contribution is -2.59. The number of hydrogen-bond donors (Lipinski definition) is 5. The highest BCUT2D eigenvalue weighted by Gasteiger charge is 2.33. The molecule has 0 fully saturated rings. The highest BCUT2D eigenvalue weighted by atomic mass is 16.4. The SMILES string of the molecule is CC(N(CC(=O)O)CC(=O)O)N(CC(=O)O)C(C)N(CC(=O)O)CC(=O)O. The van der Waals surface area contributed by atoms with Crippen molar-refractivity contribution < 1.29 is 49.5 Å². The summed E-state index contributed by atoms with van der Waals surface area (Å²) < 4.78 is 0. The first-order valence-corrected chi connectivity index (χ1v) is 7.68. The zero-order valence-corrected chi connectivity index (χ0v) is 14.8. The lowest BCUT2D eigenvalue weighted by atomic mass is 10.2. The molecule has 0 bridgehead atoms. The van der Waals surface area contributed by atoms with Gasteiger partial charge in [0.05, 0.1) is 45.1 Å². The molecule has 0 aromatic carbocycles. The first-order chi connectivity index (χ1) is 12.3. The van der Waals surface area contributed by atoms with Crippen molar-refractivity contribution in [3.63, 3.8) is 0 Å². The van der Waals surface area contributed by atoms with E-state index in [1.54, 1.807) is 0 Å². The second kappa shape index (κ2) is 11.1. The van der Waals surface area contributed by atoms with Crippen LogP contribution in [0.5, 0.6) is 0 Å². The van der Waals surface area contributed by atoms with Gasteiger partial charge in [-0.15, -0.1) is 0 Å². The van der Waals surface area contributed by atoms with E-state index in [-0.39, 0.29) is 0 Å². The van der Waals surface area contributed by atoms with E-state index in [9.17, 15) is 24.0 Å². The summed E-state index contributed by atoms with van der Waals surface area (Å²) in [6.45, 7) is -0.853. The van der Waals surface area contributed by atoms with Gasteiger partial charge < -0.3 is 25.5 Å². The van der Waals surface area contributed by atoms with Gasteiger partial charge in [0.1, 0.15) is 0 Å². The second-order valence-electron chi connectivity index (χ2n) is 5.71. The lowest BCUT2D eigenvalue weighted by molar-refractivity contribution is -0.151. The normalized spacial score (nSPS) is 13.5. The van der Waals surface area contributed by atoms with E-state index in [1.807, 2.05) is 0 Å². The Hall–Kier alpha value is -2.77. The molecule has 2 atom stereocenters. The maximum Gasteiger partial charge on any atom is 0.317 e. The van der Waals surface area contributed by atoms with Gasteiger partial charge in [-0.05, 0) is 13.8 Å². The zero-order chi connectivity index (χ0) is 21.3. The highest BCUT2D eigenvalue weighted by molar-refractivity contribution is 5.73. The van der Waals surface area contributed by atoms with Crippen molar-refractivity contribution in [1.82, 2.24) is 14.7 Å². The van der Waals surface area contributed by atoms with Crippen LogP contribution >= 0.6 is 0 Å². The van der Waals surface area contributed by atoms with Crippen LogP contribution in [-0.2, 0) is 24.0 Å². The van der Waals surface area contributed by atoms with Crippen molar-refractivity contribution in [2.24, 2.45) is 0 Å². The van der Waals surface area contributed by atoms with Crippen LogP contribution in [0.15, 0.2) is 0 Å². The summed E-state index contributed by atoms with van der Waals surface area (Å²) in [5, 5.41) is 45.0. The molecule has 0 aliphatic heterocycles. The molecule has 0 aromatic rings. The van der Waals surface area contributed by atoms with Gasteiger partial charge in [0.15, 0.2) is 0 Å². The molecule has 0 spiro atoms. The molecule has 13 heteroatoms. The van der Waals surface area contributed by atoms with Gasteiger partial charge in [-0.1, -0.05) is 0 Å². The molecule has 154 valence electrons. The topological polar surface area (TPSA) is 196 Å². The third-order valence-electron chi connectivity index (χ3n) is 3.69. The predicted octanol–water partition coefficient (Wildman–Crippen LogP) is -1.99. The summed E-state index contributed by atoms with van der Waals surface area (Å²) >= 11 is 0. The summed E-state index contributed by atoms with van der Waals surface area (Å²) in [7, 11) is 0. The second-order valence-corrected chi connectivity index (χ2v) is 5.71. The van der Waals surface area contributed by atoms with E-state index in [4.69, 9.17) is 25.5 Å². The molecule has 5 N–H and O–H groups in total. The van der Waals surface area contributed by atoms with Crippen molar-refractivity contribution >= 4 is 29.8 Å². The third kappa shape index (κ3) is 9.48. The largest absolute Gasteiger partial charge is 0.480 e. The van der Waals surface area contributed by atoms with E-state index < -0.39 is 74.9 Å². The van der Waals surface area contributed by atoms with E-state index in [0.717, 1.165) is 14.7 Å². The predicted molar refractivity (Wildman–Crippen MR) is 87.0 cm³/mol. The first-order valence-electron chi connectivity index (χ1n) is 7.68. The van der Waals surface area contributed by atoms with Gasteiger partial charge in [-0.25, -0.2) is 0 Å². The Labute approximate surface area is 154 Å². The quantitative estimate of drug-likeness (QED) is 0.203. The van der Waals surface area contributed by atoms with Crippen molar-refractivity contribution in [1.29, 1.82) is 0 Å². The van der Waals surface area contributed by atoms with Crippen molar-refractivity contribution in [2.75, 3.05) is 32.7 Å². The van der Waals surface area contributed by atoms with E-state index in [1.165, 1.54) is 13.8 Å². The van der Waals surface area contributed by atoms with Gasteiger partial charge in [0.25, 0.3) is 0 Å². The average molecular weight is 393 g/mol. The number of rotatable bonds is 14. The molecule has 0 amide bonds. The van der Waals surface area contributed by atoms with Crippen molar-refractivity contribution in [3.05, 3.63) is 0 Å². The van der Waals surface area contributed by atoms with Crippen molar-refractivity contribution in [3.8, 4) is 0 Å². The van der Waals surface area contributed by atoms with E-state index in [2.05, 4.69) is 0 Å². The molecule has 0 radical (unpaired) electrons. The fourth-order valence-corrected chi connectivity index (χ4v) is 2.49. The smallest absolute Gasteiger partial charge is 0.317 e. The molecule has 0 heterocycles. The first kappa shape index (κ1) is 24.2. The maximum atomic E-state index is 11.2. The summed E-state index contributed by atoms with van der Waals surface area (Å²) in [6, 6.07) is 0. The van der Waals surface area contributed by atoms with Crippen LogP contribution in [-0.4, -0.2) is 115 Å². The standard InChI is InChI=1S/C14H23N3O10/c1-8(15(3-10(18)19)4-11(20)21)17(7-14(26)27)9(2)16(5-12(22)23)6-13(24)25/h8-9H,3-7H2,1-2H3,(H,18,19)(H,20,21)(H,22,23)(H,24,25)(H,26,27).